The molecule has 0 radical (unpaired) electrons. The molecule has 0 bridgehead atoms. The second kappa shape index (κ2) is 3.77. The minimum absolute atomic E-state index is 0.420. The van der Waals surface area contributed by atoms with Crippen molar-refractivity contribution in [1.29, 1.82) is 0 Å². The molecule has 0 spiro atoms. The predicted molar refractivity (Wildman–Crippen MR) is 68.6 cm³/mol. The summed E-state index contributed by atoms with van der Waals surface area (Å²) in [6.45, 7) is 0. The highest BCUT2D eigenvalue weighted by molar-refractivity contribution is 6.63. The van der Waals surface area contributed by atoms with Gasteiger partial charge in [-0.1, -0.05) is 35.9 Å². The van der Waals surface area contributed by atoms with E-state index in [0.717, 1.165) is 5.39 Å². The molecule has 2 N–H and O–H groups in total. The van der Waals surface area contributed by atoms with E-state index in [1.807, 2.05) is 6.07 Å². The van der Waals surface area contributed by atoms with Gasteiger partial charge in [0.25, 0.3) is 0 Å². The van der Waals surface area contributed by atoms with Gasteiger partial charge in [0.05, 0.1) is 5.02 Å². The van der Waals surface area contributed by atoms with Crippen LogP contribution in [0, 0.1) is 0 Å². The average molecular weight is 246 g/mol. The van der Waals surface area contributed by atoms with Crippen LogP contribution in [-0.2, 0) is 0 Å². The molecule has 1 heterocycles. The first-order valence-electron chi connectivity index (χ1n) is 5.14. The molecule has 0 saturated carbocycles. The Kier molecular flexibility index (Phi) is 2.36. The first kappa shape index (κ1) is 10.7. The van der Waals surface area contributed by atoms with E-state index in [1.54, 1.807) is 30.3 Å². The van der Waals surface area contributed by atoms with Gasteiger partial charge in [0.1, 0.15) is 5.58 Å². The number of hydrogen-bond donors (Lipinski definition) is 2. The fourth-order valence-corrected chi connectivity index (χ4v) is 2.27. The topological polar surface area (TPSA) is 53.6 Å². The van der Waals surface area contributed by atoms with E-state index in [0.29, 0.717) is 27.0 Å². The summed E-state index contributed by atoms with van der Waals surface area (Å²) in [6, 6.07) is 10.5. The number of halogens is 1. The number of furan rings is 1. The van der Waals surface area contributed by atoms with Crippen LogP contribution < -0.4 is 5.46 Å². The van der Waals surface area contributed by atoms with Crippen LogP contribution >= 0.6 is 11.6 Å². The molecule has 2 aromatic carbocycles. The highest BCUT2D eigenvalue weighted by Crippen LogP contribution is 2.32. The summed E-state index contributed by atoms with van der Waals surface area (Å²) in [5.74, 6) is 0. The van der Waals surface area contributed by atoms with Gasteiger partial charge >= 0.3 is 7.12 Å². The third kappa shape index (κ3) is 1.53. The van der Waals surface area contributed by atoms with Crippen LogP contribution in [0.1, 0.15) is 0 Å². The molecule has 0 amide bonds. The molecule has 17 heavy (non-hydrogen) atoms. The minimum Gasteiger partial charge on any atom is -0.455 e. The molecule has 0 unspecified atom stereocenters. The minimum atomic E-state index is -1.53. The van der Waals surface area contributed by atoms with Crippen LogP contribution in [0.25, 0.3) is 21.9 Å². The Morgan fingerprint density at radius 3 is 2.59 bits per heavy atom. The van der Waals surface area contributed by atoms with Gasteiger partial charge in [-0.15, -0.1) is 0 Å². The van der Waals surface area contributed by atoms with E-state index in [1.165, 1.54) is 0 Å². The van der Waals surface area contributed by atoms with Gasteiger partial charge in [0.15, 0.2) is 5.58 Å². The molecule has 0 aliphatic rings. The summed E-state index contributed by atoms with van der Waals surface area (Å²) < 4.78 is 5.62. The predicted octanol–water partition coefficient (Wildman–Crippen LogP) is 1.92. The molecule has 84 valence electrons. The van der Waals surface area contributed by atoms with Crippen molar-refractivity contribution >= 4 is 46.1 Å². The van der Waals surface area contributed by atoms with Gasteiger partial charge in [-0.2, -0.15) is 0 Å². The Morgan fingerprint density at radius 2 is 1.82 bits per heavy atom. The van der Waals surface area contributed by atoms with Crippen molar-refractivity contribution in [3.8, 4) is 0 Å². The van der Waals surface area contributed by atoms with Crippen molar-refractivity contribution in [3.05, 3.63) is 41.4 Å². The SMILES string of the molecule is OB(O)c1cccc2oc3c(Cl)cccc3c12. The quantitative estimate of drug-likeness (QED) is 0.645. The lowest BCUT2D eigenvalue weighted by Crippen LogP contribution is -2.30. The second-order valence-electron chi connectivity index (χ2n) is 3.81. The van der Waals surface area contributed by atoms with Crippen LogP contribution in [0.3, 0.4) is 0 Å². The molecule has 0 aliphatic heterocycles. The average Bonchev–Trinajstić information content (AvgIpc) is 2.69. The normalized spacial score (nSPS) is 11.2. The first-order valence-corrected chi connectivity index (χ1v) is 5.52. The Labute approximate surface area is 102 Å². The summed E-state index contributed by atoms with van der Waals surface area (Å²) in [5, 5.41) is 20.7. The van der Waals surface area contributed by atoms with Gasteiger partial charge in [-0.05, 0) is 17.6 Å². The van der Waals surface area contributed by atoms with Crippen LogP contribution in [0.5, 0.6) is 0 Å². The molecule has 0 saturated heterocycles. The molecule has 1 aromatic heterocycles. The molecule has 5 heteroatoms. The van der Waals surface area contributed by atoms with E-state index >= 15 is 0 Å². The van der Waals surface area contributed by atoms with Gasteiger partial charge in [-0.3, -0.25) is 0 Å². The van der Waals surface area contributed by atoms with Crippen LogP contribution in [0.15, 0.2) is 40.8 Å². The first-order chi connectivity index (χ1) is 8.18. The zero-order valence-corrected chi connectivity index (χ0v) is 9.48. The van der Waals surface area contributed by atoms with E-state index < -0.39 is 7.12 Å². The largest absolute Gasteiger partial charge is 0.489 e. The lowest BCUT2D eigenvalue weighted by molar-refractivity contribution is 0.426. The molecular weight excluding hydrogens is 238 g/mol. The van der Waals surface area contributed by atoms with Gasteiger partial charge in [0, 0.05) is 10.8 Å². The Hall–Kier alpha value is -1.49. The third-order valence-electron chi connectivity index (χ3n) is 2.78. The zero-order valence-electron chi connectivity index (χ0n) is 8.72. The smallest absolute Gasteiger partial charge is 0.455 e. The highest BCUT2D eigenvalue weighted by atomic mass is 35.5. The number of fused-ring (bicyclic) bond motifs is 3. The van der Waals surface area contributed by atoms with E-state index in [9.17, 15) is 10.0 Å². The molecule has 0 atom stereocenters. The molecule has 3 rings (SSSR count). The highest BCUT2D eigenvalue weighted by Gasteiger charge is 2.19. The van der Waals surface area contributed by atoms with Crippen molar-refractivity contribution in [3.63, 3.8) is 0 Å². The summed E-state index contributed by atoms with van der Waals surface area (Å²) in [6.07, 6.45) is 0. The summed E-state index contributed by atoms with van der Waals surface area (Å²) in [4.78, 5) is 0. The number of benzene rings is 2. The fraction of sp³-hybridized carbons (Fsp3) is 0. The Morgan fingerprint density at radius 1 is 1.06 bits per heavy atom. The van der Waals surface area contributed by atoms with Gasteiger partial charge in [0.2, 0.25) is 0 Å². The lowest BCUT2D eigenvalue weighted by atomic mass is 9.77. The number of hydrogen-bond acceptors (Lipinski definition) is 3. The summed E-state index contributed by atoms with van der Waals surface area (Å²) in [5.41, 5.74) is 1.58. The Balaban J connectivity index is 2.54. The van der Waals surface area contributed by atoms with Crippen LogP contribution in [-0.4, -0.2) is 17.2 Å². The maximum Gasteiger partial charge on any atom is 0.489 e. The van der Waals surface area contributed by atoms with Gasteiger partial charge in [-0.25, -0.2) is 0 Å². The lowest BCUT2D eigenvalue weighted by Gasteiger charge is -2.00. The summed E-state index contributed by atoms with van der Waals surface area (Å²) >= 11 is 6.04. The maximum absolute atomic E-state index is 9.35. The van der Waals surface area contributed by atoms with Crippen molar-refractivity contribution in [2.24, 2.45) is 0 Å². The van der Waals surface area contributed by atoms with E-state index in [2.05, 4.69) is 0 Å². The fourth-order valence-electron chi connectivity index (χ4n) is 2.06. The van der Waals surface area contributed by atoms with Crippen molar-refractivity contribution < 1.29 is 14.5 Å². The molecule has 0 aliphatic carbocycles. The van der Waals surface area contributed by atoms with Crippen molar-refractivity contribution in [1.82, 2.24) is 0 Å². The van der Waals surface area contributed by atoms with E-state index in [-0.39, 0.29) is 0 Å². The van der Waals surface area contributed by atoms with Crippen LogP contribution in [0.4, 0.5) is 0 Å². The number of para-hydroxylation sites is 1. The monoisotopic (exact) mass is 246 g/mol. The van der Waals surface area contributed by atoms with Crippen molar-refractivity contribution in [2.45, 2.75) is 0 Å². The number of rotatable bonds is 1. The third-order valence-corrected chi connectivity index (χ3v) is 3.08. The molecule has 3 aromatic rings. The second-order valence-corrected chi connectivity index (χ2v) is 4.22. The van der Waals surface area contributed by atoms with E-state index in [4.69, 9.17) is 16.0 Å². The zero-order chi connectivity index (χ0) is 12.0. The van der Waals surface area contributed by atoms with Crippen LogP contribution in [0.2, 0.25) is 5.02 Å². The Bertz CT molecular complexity index is 705. The van der Waals surface area contributed by atoms with Crippen molar-refractivity contribution in [2.75, 3.05) is 0 Å². The molecule has 3 nitrogen and oxygen atoms in total. The molecule has 0 fully saturated rings. The molecular formula is C12H8BClO3. The van der Waals surface area contributed by atoms with Gasteiger partial charge < -0.3 is 14.5 Å². The standard InChI is InChI=1S/C12H8BClO3/c14-9-5-1-3-7-11-8(13(15)16)4-2-6-10(11)17-12(7)9/h1-6,15-16H. The summed E-state index contributed by atoms with van der Waals surface area (Å²) in [7, 11) is -1.53. The maximum atomic E-state index is 9.35.